The van der Waals surface area contributed by atoms with Crippen LogP contribution in [0, 0.1) is 12.8 Å². The van der Waals surface area contributed by atoms with E-state index in [4.69, 9.17) is 4.74 Å². The van der Waals surface area contributed by atoms with Gasteiger partial charge in [0.25, 0.3) is 0 Å². The van der Waals surface area contributed by atoms with Crippen LogP contribution in [0.1, 0.15) is 56.4 Å². The van der Waals surface area contributed by atoms with Crippen LogP contribution in [0.5, 0.6) is 0 Å². The summed E-state index contributed by atoms with van der Waals surface area (Å²) in [6, 6.07) is 4.57. The van der Waals surface area contributed by atoms with E-state index in [1.807, 2.05) is 13.4 Å². The first-order valence-electron chi connectivity index (χ1n) is 8.60. The first-order valence-corrected chi connectivity index (χ1v) is 8.60. The Morgan fingerprint density at radius 1 is 1.32 bits per heavy atom. The van der Waals surface area contributed by atoms with Gasteiger partial charge in [-0.25, -0.2) is 4.99 Å². The molecule has 0 amide bonds. The monoisotopic (exact) mass is 302 g/mol. The summed E-state index contributed by atoms with van der Waals surface area (Å²) in [6.45, 7) is 10.6. The van der Waals surface area contributed by atoms with Crippen LogP contribution in [0.15, 0.2) is 17.1 Å². The highest BCUT2D eigenvalue weighted by Crippen LogP contribution is 2.38. The van der Waals surface area contributed by atoms with Crippen molar-refractivity contribution in [3.63, 3.8) is 0 Å². The molecule has 3 nitrogen and oxygen atoms in total. The molecule has 0 radical (unpaired) electrons. The van der Waals surface area contributed by atoms with Crippen molar-refractivity contribution in [2.45, 2.75) is 53.1 Å². The molecule has 3 heteroatoms. The molecule has 2 rings (SSSR count). The topological polar surface area (TPSA) is 24.8 Å². The fourth-order valence-electron chi connectivity index (χ4n) is 3.12. The molecule has 1 aromatic carbocycles. The van der Waals surface area contributed by atoms with Crippen molar-refractivity contribution in [3.05, 3.63) is 28.8 Å². The Morgan fingerprint density at radius 2 is 2.05 bits per heavy atom. The lowest BCUT2D eigenvalue weighted by Crippen LogP contribution is -2.23. The third-order valence-electron chi connectivity index (χ3n) is 4.80. The zero-order valence-corrected chi connectivity index (χ0v) is 14.7. The molecule has 22 heavy (non-hydrogen) atoms. The quantitative estimate of drug-likeness (QED) is 0.564. The fraction of sp³-hybridized carbons (Fsp3) is 0.632. The molecule has 0 fully saturated rings. The SMILES string of the molecule is CCC(CC)C1OCCc2cc(N=CN(C)CC)c(C)cc21. The molecule has 1 aliphatic heterocycles. The first-order chi connectivity index (χ1) is 10.6. The lowest BCUT2D eigenvalue weighted by atomic mass is 9.85. The van der Waals surface area contributed by atoms with E-state index in [0.717, 1.165) is 25.3 Å². The number of fused-ring (bicyclic) bond motifs is 1. The number of aryl methyl sites for hydroxylation is 1. The van der Waals surface area contributed by atoms with Gasteiger partial charge >= 0.3 is 0 Å². The summed E-state index contributed by atoms with van der Waals surface area (Å²) in [6.07, 6.45) is 5.51. The molecule has 0 saturated heterocycles. The van der Waals surface area contributed by atoms with Crippen molar-refractivity contribution < 1.29 is 4.74 Å². The van der Waals surface area contributed by atoms with E-state index in [-0.39, 0.29) is 6.10 Å². The summed E-state index contributed by atoms with van der Waals surface area (Å²) in [5.41, 5.74) is 5.13. The van der Waals surface area contributed by atoms with Gasteiger partial charge in [-0.2, -0.15) is 0 Å². The maximum absolute atomic E-state index is 6.11. The van der Waals surface area contributed by atoms with Crippen molar-refractivity contribution in [1.29, 1.82) is 0 Å². The standard InChI is InChI=1S/C19H30N2O/c1-6-15(7-2)19-17-11-14(4)18(20-13-21(5)8-3)12-16(17)9-10-22-19/h11-13,15,19H,6-10H2,1-5H3. The normalized spacial score (nSPS) is 18.0. The first kappa shape index (κ1) is 17.0. The molecule has 0 N–H and O–H groups in total. The fourth-order valence-corrected chi connectivity index (χ4v) is 3.12. The van der Waals surface area contributed by atoms with E-state index in [0.29, 0.717) is 5.92 Å². The van der Waals surface area contributed by atoms with Gasteiger partial charge in [0.05, 0.1) is 24.7 Å². The third kappa shape index (κ3) is 3.70. The maximum Gasteiger partial charge on any atom is 0.0909 e. The van der Waals surface area contributed by atoms with Crippen molar-refractivity contribution in [3.8, 4) is 0 Å². The lowest BCUT2D eigenvalue weighted by molar-refractivity contribution is -0.00150. The van der Waals surface area contributed by atoms with E-state index >= 15 is 0 Å². The van der Waals surface area contributed by atoms with Crippen molar-refractivity contribution >= 4 is 12.0 Å². The summed E-state index contributed by atoms with van der Waals surface area (Å²) in [5, 5.41) is 0. The lowest BCUT2D eigenvalue weighted by Gasteiger charge is -2.32. The van der Waals surface area contributed by atoms with Gasteiger partial charge in [-0.3, -0.25) is 0 Å². The Labute approximate surface area is 135 Å². The molecule has 1 heterocycles. The van der Waals surface area contributed by atoms with E-state index in [2.05, 4.69) is 49.7 Å². The molecule has 1 unspecified atom stereocenters. The average molecular weight is 302 g/mol. The van der Waals surface area contributed by atoms with Gasteiger partial charge in [-0.15, -0.1) is 0 Å². The van der Waals surface area contributed by atoms with Crippen LogP contribution in [-0.4, -0.2) is 31.4 Å². The zero-order chi connectivity index (χ0) is 16.1. The summed E-state index contributed by atoms with van der Waals surface area (Å²) in [7, 11) is 2.05. The van der Waals surface area contributed by atoms with E-state index in [1.54, 1.807) is 0 Å². The Balaban J connectivity index is 2.32. The number of benzene rings is 1. The van der Waals surface area contributed by atoms with Crippen molar-refractivity contribution in [2.75, 3.05) is 20.2 Å². The van der Waals surface area contributed by atoms with Gasteiger partial charge in [0.15, 0.2) is 0 Å². The predicted molar refractivity (Wildman–Crippen MR) is 94.1 cm³/mol. The maximum atomic E-state index is 6.11. The minimum Gasteiger partial charge on any atom is -0.373 e. The molecule has 0 spiro atoms. The highest BCUT2D eigenvalue weighted by atomic mass is 16.5. The zero-order valence-electron chi connectivity index (χ0n) is 14.7. The van der Waals surface area contributed by atoms with Crippen molar-refractivity contribution in [1.82, 2.24) is 4.90 Å². The summed E-state index contributed by atoms with van der Waals surface area (Å²) < 4.78 is 6.11. The summed E-state index contributed by atoms with van der Waals surface area (Å²) in [5.74, 6) is 0.610. The van der Waals surface area contributed by atoms with E-state index in [9.17, 15) is 0 Å². The van der Waals surface area contributed by atoms with Gasteiger partial charge in [0.1, 0.15) is 0 Å². The van der Waals surface area contributed by atoms with Gasteiger partial charge in [-0.05, 0) is 48.9 Å². The molecule has 1 atom stereocenters. The highest BCUT2D eigenvalue weighted by Gasteiger charge is 2.27. The van der Waals surface area contributed by atoms with Crippen LogP contribution in [0.2, 0.25) is 0 Å². The minimum absolute atomic E-state index is 0.258. The number of rotatable bonds is 6. The van der Waals surface area contributed by atoms with E-state index < -0.39 is 0 Å². The second kappa shape index (κ2) is 7.77. The van der Waals surface area contributed by atoms with Gasteiger partial charge in [0.2, 0.25) is 0 Å². The van der Waals surface area contributed by atoms with Crippen LogP contribution in [0.4, 0.5) is 5.69 Å². The van der Waals surface area contributed by atoms with Gasteiger partial charge in [-0.1, -0.05) is 32.8 Å². The van der Waals surface area contributed by atoms with Gasteiger partial charge in [0, 0.05) is 13.6 Å². The van der Waals surface area contributed by atoms with Crippen LogP contribution in [-0.2, 0) is 11.2 Å². The largest absolute Gasteiger partial charge is 0.373 e. The number of aliphatic imine (C=N–C) groups is 1. The summed E-state index contributed by atoms with van der Waals surface area (Å²) >= 11 is 0. The van der Waals surface area contributed by atoms with Crippen molar-refractivity contribution in [2.24, 2.45) is 10.9 Å². The Kier molecular flexibility index (Phi) is 6.01. The predicted octanol–water partition coefficient (Wildman–Crippen LogP) is 4.66. The van der Waals surface area contributed by atoms with Crippen LogP contribution >= 0.6 is 0 Å². The molecular weight excluding hydrogens is 272 g/mol. The molecule has 122 valence electrons. The molecule has 0 aromatic heterocycles. The highest BCUT2D eigenvalue weighted by molar-refractivity contribution is 5.64. The average Bonchev–Trinajstić information content (AvgIpc) is 2.54. The number of ether oxygens (including phenoxy) is 1. The molecule has 0 saturated carbocycles. The van der Waals surface area contributed by atoms with Crippen LogP contribution in [0.3, 0.4) is 0 Å². The van der Waals surface area contributed by atoms with Crippen LogP contribution in [0.25, 0.3) is 0 Å². The van der Waals surface area contributed by atoms with E-state index in [1.165, 1.54) is 29.5 Å². The Morgan fingerprint density at radius 3 is 2.68 bits per heavy atom. The molecular formula is C19H30N2O. The van der Waals surface area contributed by atoms with Gasteiger partial charge < -0.3 is 9.64 Å². The number of hydrogen-bond donors (Lipinski definition) is 0. The Bertz CT molecular complexity index is 520. The number of nitrogens with zero attached hydrogens (tertiary/aromatic N) is 2. The second-order valence-corrected chi connectivity index (χ2v) is 6.27. The molecule has 1 aliphatic rings. The van der Waals surface area contributed by atoms with Crippen LogP contribution < -0.4 is 0 Å². The second-order valence-electron chi connectivity index (χ2n) is 6.27. The molecule has 0 aliphatic carbocycles. The molecule has 0 bridgehead atoms. The third-order valence-corrected chi connectivity index (χ3v) is 4.80. The number of hydrogen-bond acceptors (Lipinski definition) is 2. The summed E-state index contributed by atoms with van der Waals surface area (Å²) in [4.78, 5) is 6.75. The Hall–Kier alpha value is -1.35. The molecule has 1 aromatic rings. The minimum atomic E-state index is 0.258. The smallest absolute Gasteiger partial charge is 0.0909 e.